The Morgan fingerprint density at radius 3 is 2.50 bits per heavy atom. The van der Waals surface area contributed by atoms with Gasteiger partial charge in [0.2, 0.25) is 5.91 Å². The number of hydrogen-bond acceptors (Lipinski definition) is 4. The number of rotatable bonds is 6. The number of likely N-dealkylation sites (N-methyl/N-ethyl adjacent to an activating group) is 1. The Morgan fingerprint density at radius 1 is 1.23 bits per heavy atom. The molecule has 0 atom stereocenters. The van der Waals surface area contributed by atoms with Gasteiger partial charge in [-0.25, -0.2) is 4.39 Å². The van der Waals surface area contributed by atoms with Crippen molar-refractivity contribution in [1.29, 1.82) is 0 Å². The Labute approximate surface area is 152 Å². The van der Waals surface area contributed by atoms with E-state index in [2.05, 4.69) is 10.3 Å². The molecule has 0 aliphatic carbocycles. The summed E-state index contributed by atoms with van der Waals surface area (Å²) < 4.78 is 18.2. The van der Waals surface area contributed by atoms with E-state index in [1.807, 2.05) is 13.8 Å². The summed E-state index contributed by atoms with van der Waals surface area (Å²) in [7, 11) is 3.23. The fraction of sp³-hybridized carbons (Fsp3) is 0.316. The number of carbonyl (C=O) groups excluding carboxylic acids is 2. The molecule has 7 heteroatoms. The fourth-order valence-electron chi connectivity index (χ4n) is 2.54. The third-order valence-electron chi connectivity index (χ3n) is 4.07. The van der Waals surface area contributed by atoms with E-state index in [1.54, 1.807) is 20.4 Å². The van der Waals surface area contributed by atoms with Crippen LogP contribution in [0.2, 0.25) is 0 Å². The summed E-state index contributed by atoms with van der Waals surface area (Å²) in [4.78, 5) is 30.1. The Bertz CT molecular complexity index is 806. The molecule has 26 heavy (non-hydrogen) atoms. The highest BCUT2D eigenvalue weighted by molar-refractivity contribution is 5.96. The third-order valence-corrected chi connectivity index (χ3v) is 4.07. The molecule has 2 amide bonds. The van der Waals surface area contributed by atoms with Crippen LogP contribution in [0.25, 0.3) is 0 Å². The van der Waals surface area contributed by atoms with Crippen LogP contribution in [0.4, 0.5) is 4.39 Å². The normalized spacial score (nSPS) is 10.3. The molecule has 0 aliphatic rings. The average Bonchev–Trinajstić information content (AvgIpc) is 2.62. The lowest BCUT2D eigenvalue weighted by atomic mass is 10.1. The quantitative estimate of drug-likeness (QED) is 0.859. The maximum Gasteiger partial charge on any atom is 0.251 e. The molecule has 2 aromatic rings. The van der Waals surface area contributed by atoms with E-state index in [0.29, 0.717) is 12.1 Å². The van der Waals surface area contributed by atoms with Crippen molar-refractivity contribution in [3.8, 4) is 5.75 Å². The maximum atomic E-state index is 12.9. The Morgan fingerprint density at radius 2 is 1.88 bits per heavy atom. The minimum absolute atomic E-state index is 0.158. The zero-order chi connectivity index (χ0) is 19.3. The van der Waals surface area contributed by atoms with E-state index in [0.717, 1.165) is 22.6 Å². The fourth-order valence-corrected chi connectivity index (χ4v) is 2.54. The van der Waals surface area contributed by atoms with Crippen molar-refractivity contribution in [1.82, 2.24) is 15.2 Å². The van der Waals surface area contributed by atoms with Gasteiger partial charge in [0.1, 0.15) is 11.6 Å². The number of amides is 2. The van der Waals surface area contributed by atoms with Crippen molar-refractivity contribution in [3.63, 3.8) is 0 Å². The minimum Gasteiger partial charge on any atom is -0.496 e. The van der Waals surface area contributed by atoms with Crippen molar-refractivity contribution >= 4 is 11.8 Å². The monoisotopic (exact) mass is 359 g/mol. The Hall–Kier alpha value is -2.96. The van der Waals surface area contributed by atoms with Crippen LogP contribution >= 0.6 is 0 Å². The highest BCUT2D eigenvalue weighted by atomic mass is 19.1. The molecule has 0 saturated carbocycles. The second-order valence-corrected chi connectivity index (χ2v) is 5.99. The zero-order valence-corrected chi connectivity index (χ0v) is 15.3. The molecule has 6 nitrogen and oxygen atoms in total. The van der Waals surface area contributed by atoms with Crippen LogP contribution in [0.5, 0.6) is 5.75 Å². The van der Waals surface area contributed by atoms with Crippen molar-refractivity contribution in [3.05, 3.63) is 58.7 Å². The summed E-state index contributed by atoms with van der Waals surface area (Å²) in [6, 6.07) is 5.12. The third kappa shape index (κ3) is 4.56. The summed E-state index contributed by atoms with van der Waals surface area (Å²) in [6.07, 6.45) is 1.70. The summed E-state index contributed by atoms with van der Waals surface area (Å²) in [5.74, 6) is -0.367. The van der Waals surface area contributed by atoms with Crippen LogP contribution in [-0.4, -0.2) is 42.4 Å². The molecule has 0 spiro atoms. The van der Waals surface area contributed by atoms with Gasteiger partial charge in [0.05, 0.1) is 25.9 Å². The van der Waals surface area contributed by atoms with Gasteiger partial charge in [-0.3, -0.25) is 14.6 Å². The van der Waals surface area contributed by atoms with E-state index < -0.39 is 11.7 Å². The van der Waals surface area contributed by atoms with Gasteiger partial charge in [-0.1, -0.05) is 0 Å². The Balaban J connectivity index is 1.95. The van der Waals surface area contributed by atoms with Gasteiger partial charge in [0.25, 0.3) is 5.91 Å². The van der Waals surface area contributed by atoms with E-state index in [9.17, 15) is 14.0 Å². The number of hydrogen-bond donors (Lipinski definition) is 1. The summed E-state index contributed by atoms with van der Waals surface area (Å²) in [5.41, 5.74) is 2.83. The summed E-state index contributed by atoms with van der Waals surface area (Å²) in [5, 5.41) is 2.53. The van der Waals surface area contributed by atoms with Gasteiger partial charge in [-0.2, -0.15) is 0 Å². The number of halogens is 1. The number of aryl methyl sites for hydroxylation is 1. The van der Waals surface area contributed by atoms with Gasteiger partial charge in [-0.15, -0.1) is 0 Å². The lowest BCUT2D eigenvalue weighted by molar-refractivity contribution is -0.129. The molecule has 2 rings (SSSR count). The molecular formula is C19H22FN3O3. The lowest BCUT2D eigenvalue weighted by Crippen LogP contribution is -2.38. The molecule has 0 bridgehead atoms. The molecule has 0 fully saturated rings. The SMILES string of the molecule is COc1c(C)cnc(CN(C)C(=O)CNC(=O)c2ccc(F)cc2)c1C. The zero-order valence-electron chi connectivity index (χ0n) is 15.3. The number of methoxy groups -OCH3 is 1. The van der Waals surface area contributed by atoms with Gasteiger partial charge < -0.3 is 15.0 Å². The van der Waals surface area contributed by atoms with Crippen LogP contribution in [0.3, 0.4) is 0 Å². The molecule has 0 aliphatic heterocycles. The molecule has 0 unspecified atom stereocenters. The average molecular weight is 359 g/mol. The number of aromatic nitrogens is 1. The molecule has 1 aromatic carbocycles. The number of nitrogens with one attached hydrogen (secondary N) is 1. The first kappa shape index (κ1) is 19.4. The predicted octanol–water partition coefficient (Wildman–Crippen LogP) is 2.23. The lowest BCUT2D eigenvalue weighted by Gasteiger charge is -2.19. The van der Waals surface area contributed by atoms with Gasteiger partial charge >= 0.3 is 0 Å². The number of nitrogens with zero attached hydrogens (tertiary/aromatic N) is 2. The second-order valence-electron chi connectivity index (χ2n) is 5.99. The standard InChI is InChI=1S/C19H22FN3O3/c1-12-9-21-16(13(2)18(12)26-4)11-23(3)17(24)10-22-19(25)14-5-7-15(20)8-6-14/h5-9H,10-11H2,1-4H3,(H,22,25). The molecular weight excluding hydrogens is 337 g/mol. The van der Waals surface area contributed by atoms with E-state index >= 15 is 0 Å². The molecule has 1 aromatic heterocycles. The highest BCUT2D eigenvalue weighted by Gasteiger charge is 2.16. The highest BCUT2D eigenvalue weighted by Crippen LogP contribution is 2.24. The van der Waals surface area contributed by atoms with Crippen molar-refractivity contribution < 1.29 is 18.7 Å². The number of ether oxygens (including phenoxy) is 1. The molecule has 138 valence electrons. The predicted molar refractivity (Wildman–Crippen MR) is 95.5 cm³/mol. The molecule has 1 heterocycles. The second kappa shape index (κ2) is 8.42. The topological polar surface area (TPSA) is 71.5 Å². The molecule has 1 N–H and O–H groups in total. The van der Waals surface area contributed by atoms with E-state index in [1.165, 1.54) is 29.2 Å². The van der Waals surface area contributed by atoms with E-state index in [-0.39, 0.29) is 12.5 Å². The van der Waals surface area contributed by atoms with Crippen molar-refractivity contribution in [2.24, 2.45) is 0 Å². The summed E-state index contributed by atoms with van der Waals surface area (Å²) >= 11 is 0. The molecule has 0 saturated heterocycles. The van der Waals surface area contributed by atoms with Crippen LogP contribution in [-0.2, 0) is 11.3 Å². The van der Waals surface area contributed by atoms with Crippen LogP contribution in [0.15, 0.2) is 30.5 Å². The minimum atomic E-state index is -0.432. The first-order chi connectivity index (χ1) is 12.3. The first-order valence-corrected chi connectivity index (χ1v) is 8.10. The number of benzene rings is 1. The van der Waals surface area contributed by atoms with Gasteiger partial charge in [0.15, 0.2) is 0 Å². The van der Waals surface area contributed by atoms with Crippen LogP contribution in [0.1, 0.15) is 27.2 Å². The smallest absolute Gasteiger partial charge is 0.251 e. The summed E-state index contributed by atoms with van der Waals surface area (Å²) in [6.45, 7) is 3.94. The van der Waals surface area contributed by atoms with Crippen molar-refractivity contribution in [2.75, 3.05) is 20.7 Å². The van der Waals surface area contributed by atoms with E-state index in [4.69, 9.17) is 4.74 Å². The van der Waals surface area contributed by atoms with Gasteiger partial charge in [0, 0.05) is 29.9 Å². The van der Waals surface area contributed by atoms with Gasteiger partial charge in [-0.05, 0) is 38.1 Å². The van der Waals surface area contributed by atoms with Crippen molar-refractivity contribution in [2.45, 2.75) is 20.4 Å². The molecule has 0 radical (unpaired) electrons. The van der Waals surface area contributed by atoms with Crippen LogP contribution < -0.4 is 10.1 Å². The maximum absolute atomic E-state index is 12.9. The van der Waals surface area contributed by atoms with Crippen LogP contribution in [0, 0.1) is 19.7 Å². The Kier molecular flexibility index (Phi) is 6.27. The first-order valence-electron chi connectivity index (χ1n) is 8.10. The number of pyridine rings is 1. The largest absolute Gasteiger partial charge is 0.496 e. The number of carbonyl (C=O) groups is 2.